The fraction of sp³-hybridized carbons (Fsp3) is 0.115. The van der Waals surface area contributed by atoms with Crippen molar-refractivity contribution in [2.45, 2.75) is 11.4 Å². The van der Waals surface area contributed by atoms with Crippen molar-refractivity contribution in [3.8, 4) is 28.6 Å². The van der Waals surface area contributed by atoms with Crippen LogP contribution in [0.1, 0.15) is 15.9 Å². The highest BCUT2D eigenvalue weighted by atomic mass is 32.2. The first kappa shape index (κ1) is 22.4. The summed E-state index contributed by atoms with van der Waals surface area (Å²) in [6.07, 6.45) is 3.47. The lowest BCUT2D eigenvalue weighted by Crippen LogP contribution is -2.22. The molecule has 0 atom stereocenters. The van der Waals surface area contributed by atoms with E-state index in [2.05, 4.69) is 15.3 Å². The van der Waals surface area contributed by atoms with Crippen LogP contribution >= 0.6 is 11.8 Å². The number of thioether (sulfide) groups is 1. The number of hydrogen-bond donors (Lipinski definition) is 1. The predicted molar refractivity (Wildman–Crippen MR) is 130 cm³/mol. The van der Waals surface area contributed by atoms with E-state index in [1.165, 1.54) is 11.2 Å². The molecule has 6 nitrogen and oxygen atoms in total. The molecule has 0 spiro atoms. The molecular formula is C26H23N3O3S. The molecule has 1 N–H and O–H groups in total. The van der Waals surface area contributed by atoms with E-state index in [0.29, 0.717) is 35.2 Å². The van der Waals surface area contributed by atoms with Crippen LogP contribution < -0.4 is 14.8 Å². The van der Waals surface area contributed by atoms with Gasteiger partial charge in [0.05, 0.1) is 12.8 Å². The summed E-state index contributed by atoms with van der Waals surface area (Å²) in [6, 6.07) is 24.5. The largest absolute Gasteiger partial charge is 0.493 e. The number of amides is 1. The quantitative estimate of drug-likeness (QED) is 0.347. The van der Waals surface area contributed by atoms with Gasteiger partial charge in [-0.1, -0.05) is 36.4 Å². The molecule has 1 aromatic heterocycles. The van der Waals surface area contributed by atoms with Gasteiger partial charge in [0.2, 0.25) is 5.88 Å². The highest BCUT2D eigenvalue weighted by molar-refractivity contribution is 7.98. The van der Waals surface area contributed by atoms with Gasteiger partial charge in [0.25, 0.3) is 5.91 Å². The van der Waals surface area contributed by atoms with Crippen molar-refractivity contribution in [2.24, 2.45) is 0 Å². The smallest absolute Gasteiger partial charge is 0.251 e. The van der Waals surface area contributed by atoms with Gasteiger partial charge in [-0.3, -0.25) is 4.79 Å². The topological polar surface area (TPSA) is 73.3 Å². The van der Waals surface area contributed by atoms with Crippen molar-refractivity contribution >= 4 is 17.7 Å². The van der Waals surface area contributed by atoms with Gasteiger partial charge in [-0.25, -0.2) is 9.97 Å². The molecule has 166 valence electrons. The zero-order valence-corrected chi connectivity index (χ0v) is 19.1. The van der Waals surface area contributed by atoms with Crippen LogP contribution in [0.4, 0.5) is 0 Å². The molecule has 7 heteroatoms. The summed E-state index contributed by atoms with van der Waals surface area (Å²) < 4.78 is 11.2. The Bertz CT molecular complexity index is 1250. The van der Waals surface area contributed by atoms with Crippen LogP contribution in [0, 0.1) is 0 Å². The summed E-state index contributed by atoms with van der Waals surface area (Å²) >= 11 is 1.69. The van der Waals surface area contributed by atoms with Crippen LogP contribution in [0.3, 0.4) is 0 Å². The maximum atomic E-state index is 12.7. The molecular weight excluding hydrogens is 434 g/mol. The standard InChI is InChI=1S/C26H23N3O3S/c1-31-23-8-3-4-9-24(23)32-25-15-22(28-17-29-25)19-6-5-7-20(14-19)26(30)27-16-18-10-12-21(33-2)13-11-18/h3-15,17H,16H2,1-2H3,(H,27,30). The third-order valence-electron chi connectivity index (χ3n) is 4.96. The van der Waals surface area contributed by atoms with Gasteiger partial charge in [0.1, 0.15) is 6.33 Å². The molecule has 1 amide bonds. The molecule has 0 aliphatic rings. The van der Waals surface area contributed by atoms with Gasteiger partial charge in [-0.05, 0) is 48.2 Å². The first-order valence-corrected chi connectivity index (χ1v) is 11.5. The Morgan fingerprint density at radius 3 is 2.48 bits per heavy atom. The second kappa shape index (κ2) is 10.7. The van der Waals surface area contributed by atoms with Gasteiger partial charge in [-0.15, -0.1) is 11.8 Å². The van der Waals surface area contributed by atoms with Crippen molar-refractivity contribution in [2.75, 3.05) is 13.4 Å². The van der Waals surface area contributed by atoms with Crippen molar-refractivity contribution in [1.82, 2.24) is 15.3 Å². The molecule has 0 saturated carbocycles. The van der Waals surface area contributed by atoms with Gasteiger partial charge in [0, 0.05) is 28.6 Å². The minimum atomic E-state index is -0.148. The third kappa shape index (κ3) is 5.70. The summed E-state index contributed by atoms with van der Waals surface area (Å²) in [5.41, 5.74) is 3.04. The summed E-state index contributed by atoms with van der Waals surface area (Å²) in [5.74, 6) is 1.40. The molecule has 4 rings (SSSR count). The summed E-state index contributed by atoms with van der Waals surface area (Å²) in [4.78, 5) is 22.5. The minimum Gasteiger partial charge on any atom is -0.493 e. The molecule has 0 aliphatic carbocycles. The van der Waals surface area contributed by atoms with Crippen molar-refractivity contribution in [3.63, 3.8) is 0 Å². The number of hydrogen-bond acceptors (Lipinski definition) is 6. The van der Waals surface area contributed by atoms with Crippen molar-refractivity contribution in [1.29, 1.82) is 0 Å². The molecule has 0 fully saturated rings. The Hall–Kier alpha value is -3.84. The average molecular weight is 458 g/mol. The molecule has 0 saturated heterocycles. The number of methoxy groups -OCH3 is 1. The van der Waals surface area contributed by atoms with E-state index in [0.717, 1.165) is 11.1 Å². The lowest BCUT2D eigenvalue weighted by molar-refractivity contribution is 0.0951. The maximum Gasteiger partial charge on any atom is 0.251 e. The normalized spacial score (nSPS) is 10.5. The number of nitrogens with one attached hydrogen (secondary N) is 1. The number of nitrogens with zero attached hydrogens (tertiary/aromatic N) is 2. The first-order valence-electron chi connectivity index (χ1n) is 10.3. The number of rotatable bonds is 8. The van der Waals surface area contributed by atoms with Crippen LogP contribution in [0.25, 0.3) is 11.3 Å². The number of ether oxygens (including phenoxy) is 2. The van der Waals surface area contributed by atoms with E-state index in [1.54, 1.807) is 43.1 Å². The van der Waals surface area contributed by atoms with Crippen LogP contribution in [0.5, 0.6) is 17.4 Å². The Balaban J connectivity index is 1.47. The second-order valence-electron chi connectivity index (χ2n) is 7.11. The van der Waals surface area contributed by atoms with E-state index in [4.69, 9.17) is 9.47 Å². The number of benzene rings is 3. The van der Waals surface area contributed by atoms with E-state index in [-0.39, 0.29) is 5.91 Å². The van der Waals surface area contributed by atoms with Gasteiger partial charge in [0.15, 0.2) is 11.5 Å². The number of carbonyl (C=O) groups excluding carboxylic acids is 1. The van der Waals surface area contributed by atoms with Crippen LogP contribution in [-0.4, -0.2) is 29.2 Å². The maximum absolute atomic E-state index is 12.7. The fourth-order valence-electron chi connectivity index (χ4n) is 3.22. The molecule has 0 bridgehead atoms. The average Bonchev–Trinajstić information content (AvgIpc) is 2.88. The molecule has 0 radical (unpaired) electrons. The zero-order valence-electron chi connectivity index (χ0n) is 18.3. The van der Waals surface area contributed by atoms with E-state index < -0.39 is 0 Å². The number of carbonyl (C=O) groups is 1. The highest BCUT2D eigenvalue weighted by Crippen LogP contribution is 2.31. The molecule has 0 unspecified atom stereocenters. The summed E-state index contributed by atoms with van der Waals surface area (Å²) in [5, 5.41) is 2.97. The predicted octanol–water partition coefficient (Wildman–Crippen LogP) is 5.60. The Morgan fingerprint density at radius 2 is 1.73 bits per heavy atom. The van der Waals surface area contributed by atoms with Gasteiger partial charge >= 0.3 is 0 Å². The summed E-state index contributed by atoms with van der Waals surface area (Å²) in [6.45, 7) is 0.460. The second-order valence-corrected chi connectivity index (χ2v) is 7.99. The minimum absolute atomic E-state index is 0.148. The Labute approximate surface area is 197 Å². The molecule has 3 aromatic carbocycles. The first-order chi connectivity index (χ1) is 16.2. The van der Waals surface area contributed by atoms with Gasteiger partial charge < -0.3 is 14.8 Å². The van der Waals surface area contributed by atoms with Gasteiger partial charge in [-0.2, -0.15) is 0 Å². The van der Waals surface area contributed by atoms with Crippen LogP contribution in [0.15, 0.2) is 90.1 Å². The van der Waals surface area contributed by atoms with Crippen LogP contribution in [-0.2, 0) is 6.54 Å². The Kier molecular flexibility index (Phi) is 7.22. The third-order valence-corrected chi connectivity index (χ3v) is 5.70. The lowest BCUT2D eigenvalue weighted by Gasteiger charge is -2.10. The molecule has 4 aromatic rings. The van der Waals surface area contributed by atoms with E-state index in [9.17, 15) is 4.79 Å². The van der Waals surface area contributed by atoms with Crippen molar-refractivity contribution in [3.05, 3.63) is 96.3 Å². The van der Waals surface area contributed by atoms with E-state index >= 15 is 0 Å². The monoisotopic (exact) mass is 457 g/mol. The fourth-order valence-corrected chi connectivity index (χ4v) is 3.62. The van der Waals surface area contributed by atoms with Crippen molar-refractivity contribution < 1.29 is 14.3 Å². The van der Waals surface area contributed by atoms with E-state index in [1.807, 2.05) is 60.9 Å². The lowest BCUT2D eigenvalue weighted by atomic mass is 10.1. The number of para-hydroxylation sites is 2. The SMILES string of the molecule is COc1ccccc1Oc1cc(-c2cccc(C(=O)NCc3ccc(SC)cc3)c2)ncn1. The van der Waals surface area contributed by atoms with Crippen LogP contribution in [0.2, 0.25) is 0 Å². The highest BCUT2D eigenvalue weighted by Gasteiger charge is 2.11. The summed E-state index contributed by atoms with van der Waals surface area (Å²) in [7, 11) is 1.59. The number of aromatic nitrogens is 2. The molecule has 0 aliphatic heterocycles. The molecule has 33 heavy (non-hydrogen) atoms. The Morgan fingerprint density at radius 1 is 0.939 bits per heavy atom. The zero-order chi connectivity index (χ0) is 23.0. The molecule has 1 heterocycles.